The lowest BCUT2D eigenvalue weighted by Gasteiger charge is -2.46. The molecule has 9 nitrogen and oxygen atoms in total. The lowest BCUT2D eigenvalue weighted by molar-refractivity contribution is -0.384. The molecule has 0 spiro atoms. The molecular formula is C22H26ClN3O6S. The zero-order chi connectivity index (χ0) is 24.2. The molecule has 2 aromatic rings. The highest BCUT2D eigenvalue weighted by Gasteiger charge is 2.47. The molecule has 11 heteroatoms. The van der Waals surface area contributed by atoms with Gasteiger partial charge in [0.05, 0.1) is 22.3 Å². The summed E-state index contributed by atoms with van der Waals surface area (Å²) >= 11 is 6.00. The number of benzene rings is 2. The van der Waals surface area contributed by atoms with Crippen LogP contribution >= 0.6 is 11.6 Å². The Labute approximate surface area is 197 Å². The molecule has 0 bridgehead atoms. The van der Waals surface area contributed by atoms with E-state index in [1.807, 2.05) is 12.1 Å². The van der Waals surface area contributed by atoms with Crippen molar-refractivity contribution in [3.05, 3.63) is 69.2 Å². The molecule has 178 valence electrons. The van der Waals surface area contributed by atoms with E-state index >= 15 is 0 Å². The minimum Gasteiger partial charge on any atom is -0.396 e. The maximum atomic E-state index is 13.4. The Morgan fingerprint density at radius 3 is 2.42 bits per heavy atom. The molecule has 1 unspecified atom stereocenters. The van der Waals surface area contributed by atoms with Gasteiger partial charge in [-0.15, -0.1) is 0 Å². The van der Waals surface area contributed by atoms with Gasteiger partial charge in [0.25, 0.3) is 5.69 Å². The number of non-ortho nitro benzene ring substituents is 1. The second-order valence-corrected chi connectivity index (χ2v) is 10.6. The van der Waals surface area contributed by atoms with Crippen LogP contribution in [0.4, 0.5) is 5.69 Å². The minimum atomic E-state index is -3.97. The maximum absolute atomic E-state index is 13.4. The van der Waals surface area contributed by atoms with Crippen LogP contribution < -0.4 is 5.32 Å². The van der Waals surface area contributed by atoms with Crippen LogP contribution in [0.25, 0.3) is 0 Å². The van der Waals surface area contributed by atoms with Gasteiger partial charge in [-0.3, -0.25) is 14.9 Å². The SMILES string of the molecule is CNC(=O)C(CO)[C@]1(Cc2ccc(Cl)cc2)CCCN(S(=O)(=O)c2ccc([N+](=O)[O-])cc2)C1. The van der Waals surface area contributed by atoms with E-state index in [-0.39, 0.29) is 29.6 Å². The fourth-order valence-corrected chi connectivity index (χ4v) is 6.20. The highest BCUT2D eigenvalue weighted by Crippen LogP contribution is 2.42. The van der Waals surface area contributed by atoms with Crippen LogP contribution in [0, 0.1) is 21.4 Å². The zero-order valence-electron chi connectivity index (χ0n) is 18.1. The molecule has 1 amide bonds. The van der Waals surface area contributed by atoms with Crippen molar-refractivity contribution in [1.82, 2.24) is 9.62 Å². The second-order valence-electron chi connectivity index (χ2n) is 8.21. The summed E-state index contributed by atoms with van der Waals surface area (Å²) in [5, 5.41) is 24.2. The molecule has 1 aliphatic heterocycles. The van der Waals surface area contributed by atoms with E-state index < -0.39 is 32.9 Å². The van der Waals surface area contributed by atoms with Gasteiger partial charge in [-0.05, 0) is 49.1 Å². The average molecular weight is 496 g/mol. The Morgan fingerprint density at radius 1 is 1.24 bits per heavy atom. The lowest BCUT2D eigenvalue weighted by Crippen LogP contribution is -2.54. The largest absolute Gasteiger partial charge is 0.396 e. The molecule has 1 fully saturated rings. The molecule has 33 heavy (non-hydrogen) atoms. The number of nitro benzene ring substituents is 1. The van der Waals surface area contributed by atoms with Crippen LogP contribution in [0.15, 0.2) is 53.4 Å². The first-order valence-corrected chi connectivity index (χ1v) is 12.3. The molecule has 1 heterocycles. The zero-order valence-corrected chi connectivity index (χ0v) is 19.7. The van der Waals surface area contributed by atoms with Gasteiger partial charge in [0.2, 0.25) is 15.9 Å². The Hall–Kier alpha value is -2.53. The highest BCUT2D eigenvalue weighted by atomic mass is 35.5. The number of halogens is 1. The number of hydrogen-bond acceptors (Lipinski definition) is 6. The number of nitrogens with one attached hydrogen (secondary N) is 1. The molecule has 1 aliphatic rings. The van der Waals surface area contributed by atoms with Crippen molar-refractivity contribution in [2.75, 3.05) is 26.7 Å². The number of rotatable bonds is 8. The van der Waals surface area contributed by atoms with Gasteiger partial charge >= 0.3 is 0 Å². The van der Waals surface area contributed by atoms with Crippen molar-refractivity contribution < 1.29 is 23.2 Å². The Kier molecular flexibility index (Phi) is 7.73. The first kappa shape index (κ1) is 25.1. The predicted octanol–water partition coefficient (Wildman–Crippen LogP) is 2.62. The topological polar surface area (TPSA) is 130 Å². The summed E-state index contributed by atoms with van der Waals surface area (Å²) in [6, 6.07) is 11.8. The van der Waals surface area contributed by atoms with Gasteiger partial charge in [0.1, 0.15) is 0 Å². The minimum absolute atomic E-state index is 0.0214. The van der Waals surface area contributed by atoms with Gasteiger partial charge in [0.15, 0.2) is 0 Å². The molecule has 0 radical (unpaired) electrons. The van der Waals surface area contributed by atoms with E-state index in [9.17, 15) is 28.4 Å². The van der Waals surface area contributed by atoms with E-state index in [0.29, 0.717) is 24.3 Å². The average Bonchev–Trinajstić information content (AvgIpc) is 2.81. The predicted molar refractivity (Wildman–Crippen MR) is 123 cm³/mol. The summed E-state index contributed by atoms with van der Waals surface area (Å²) in [5.74, 6) is -1.19. The van der Waals surface area contributed by atoms with E-state index in [0.717, 1.165) is 17.7 Å². The van der Waals surface area contributed by atoms with Crippen LogP contribution in [0.5, 0.6) is 0 Å². The molecular weight excluding hydrogens is 470 g/mol. The number of sulfonamides is 1. The Morgan fingerprint density at radius 2 is 1.88 bits per heavy atom. The number of nitro groups is 1. The summed E-state index contributed by atoms with van der Waals surface area (Å²) in [6.45, 7) is -0.167. The normalized spacial score (nSPS) is 20.2. The lowest BCUT2D eigenvalue weighted by atomic mass is 9.66. The van der Waals surface area contributed by atoms with E-state index in [1.165, 1.54) is 23.5 Å². The number of carbonyl (C=O) groups is 1. The summed E-state index contributed by atoms with van der Waals surface area (Å²) in [5.41, 5.74) is -0.185. The third-order valence-corrected chi connectivity index (χ3v) is 8.32. The van der Waals surface area contributed by atoms with Gasteiger partial charge in [-0.25, -0.2) is 8.42 Å². The molecule has 2 N–H and O–H groups in total. The third-order valence-electron chi connectivity index (χ3n) is 6.21. The first-order chi connectivity index (χ1) is 15.6. The molecule has 2 aromatic carbocycles. The number of carbonyl (C=O) groups excluding carboxylic acids is 1. The van der Waals surface area contributed by atoms with Crippen molar-refractivity contribution in [1.29, 1.82) is 0 Å². The van der Waals surface area contributed by atoms with Crippen LogP contribution in [0.3, 0.4) is 0 Å². The van der Waals surface area contributed by atoms with Crippen molar-refractivity contribution in [2.45, 2.75) is 24.2 Å². The standard InChI is InChI=1S/C22H26ClN3O6S/c1-24-21(28)20(14-27)22(13-16-3-5-17(23)6-4-16)11-2-12-25(15-22)33(31,32)19-9-7-18(8-10-19)26(29)30/h3-10,20,27H,2,11-15H2,1H3,(H,24,28)/t20?,22-/m0/s1. The Balaban J connectivity index is 1.99. The molecule has 1 saturated heterocycles. The number of hydrogen-bond donors (Lipinski definition) is 2. The number of amides is 1. The van der Waals surface area contributed by atoms with Crippen molar-refractivity contribution in [3.8, 4) is 0 Å². The van der Waals surface area contributed by atoms with Gasteiger partial charge < -0.3 is 10.4 Å². The monoisotopic (exact) mass is 495 g/mol. The molecule has 0 saturated carbocycles. The smallest absolute Gasteiger partial charge is 0.269 e. The van der Waals surface area contributed by atoms with E-state index in [1.54, 1.807) is 12.1 Å². The Bertz CT molecular complexity index is 1110. The summed E-state index contributed by atoms with van der Waals surface area (Å²) in [4.78, 5) is 23.0. The van der Waals surface area contributed by atoms with Gasteiger partial charge in [-0.1, -0.05) is 23.7 Å². The van der Waals surface area contributed by atoms with Crippen LogP contribution in [-0.4, -0.2) is 55.4 Å². The van der Waals surface area contributed by atoms with E-state index in [4.69, 9.17) is 11.6 Å². The number of nitrogens with zero attached hydrogens (tertiary/aromatic N) is 2. The third kappa shape index (κ3) is 5.35. The number of aliphatic hydroxyl groups is 1. The molecule has 2 atom stereocenters. The first-order valence-electron chi connectivity index (χ1n) is 10.4. The van der Waals surface area contributed by atoms with Crippen LogP contribution in [0.2, 0.25) is 5.02 Å². The summed E-state index contributed by atoms with van der Waals surface area (Å²) in [6.07, 6.45) is 1.41. The van der Waals surface area contributed by atoms with Gasteiger partial charge in [0, 0.05) is 42.7 Å². The summed E-state index contributed by atoms with van der Waals surface area (Å²) < 4.78 is 28.1. The summed E-state index contributed by atoms with van der Waals surface area (Å²) in [7, 11) is -2.49. The van der Waals surface area contributed by atoms with Crippen molar-refractivity contribution in [2.24, 2.45) is 11.3 Å². The molecule has 3 rings (SSSR count). The number of piperidine rings is 1. The van der Waals surface area contributed by atoms with Crippen LogP contribution in [-0.2, 0) is 21.2 Å². The molecule has 0 aliphatic carbocycles. The fourth-order valence-electron chi connectivity index (χ4n) is 4.50. The second kappa shape index (κ2) is 10.2. The van der Waals surface area contributed by atoms with Crippen molar-refractivity contribution in [3.63, 3.8) is 0 Å². The number of aliphatic hydroxyl groups excluding tert-OH is 1. The maximum Gasteiger partial charge on any atom is 0.269 e. The van der Waals surface area contributed by atoms with Crippen molar-refractivity contribution >= 4 is 33.2 Å². The quantitative estimate of drug-likeness (QED) is 0.427. The van der Waals surface area contributed by atoms with Gasteiger partial charge in [-0.2, -0.15) is 4.31 Å². The molecule has 0 aromatic heterocycles. The van der Waals surface area contributed by atoms with E-state index in [2.05, 4.69) is 5.32 Å². The fraction of sp³-hybridized carbons (Fsp3) is 0.409. The van der Waals surface area contributed by atoms with Crippen LogP contribution in [0.1, 0.15) is 18.4 Å². The highest BCUT2D eigenvalue weighted by molar-refractivity contribution is 7.89.